The highest BCUT2D eigenvalue weighted by Crippen LogP contribution is 2.72. The molecule has 1 spiro atoms. The van der Waals surface area contributed by atoms with Gasteiger partial charge in [0.15, 0.2) is 10.8 Å². The number of H-pyrrole nitrogens is 1. The quantitative estimate of drug-likeness (QED) is 0.152. The number of rotatable bonds is 4. The minimum Gasteiger partial charge on any atom is -0.348 e. The molecule has 0 bridgehead atoms. The van der Waals surface area contributed by atoms with Crippen molar-refractivity contribution in [3.05, 3.63) is 118 Å². The Labute approximate surface area is 270 Å². The van der Waals surface area contributed by atoms with Crippen LogP contribution in [0, 0.1) is 17.8 Å². The normalized spacial score (nSPS) is 19.2. The maximum Gasteiger partial charge on any atom is 0.419 e. The van der Waals surface area contributed by atoms with Gasteiger partial charge in [-0.05, 0) is 71.7 Å². The van der Waals surface area contributed by atoms with Gasteiger partial charge < -0.3 is 9.88 Å². The molecule has 0 radical (unpaired) electrons. The molecule has 8 rings (SSSR count). The number of hydrogen-bond donors (Lipinski definition) is 1. The first-order valence-corrected chi connectivity index (χ1v) is 15.9. The van der Waals surface area contributed by atoms with Crippen LogP contribution >= 0.6 is 22.9 Å². The second-order valence-electron chi connectivity index (χ2n) is 12.1. The summed E-state index contributed by atoms with van der Waals surface area (Å²) in [4.78, 5) is 18.6. The van der Waals surface area contributed by atoms with E-state index in [2.05, 4.69) is 14.7 Å². The standard InChI is InChI=1S/C35H24ClF4N5S/c1-41-24-4-2-3-21(15-24)20-5-7-22(8-6-20)34(31-42-28-17-25(35(38,39)40)26(37)18-29(28)43-31)19-33(34)11-13-45(14-12-33)32-44-27-10-9-23(36)16-30(27)46-32/h2-10,15-18H,11-14,19H2,(H,42,43). The third-order valence-electron chi connectivity index (χ3n) is 9.68. The van der Waals surface area contributed by atoms with Crippen LogP contribution < -0.4 is 4.90 Å². The van der Waals surface area contributed by atoms with Gasteiger partial charge in [-0.25, -0.2) is 19.2 Å². The van der Waals surface area contributed by atoms with Gasteiger partial charge in [-0.1, -0.05) is 65.4 Å². The van der Waals surface area contributed by atoms with Crippen LogP contribution in [0.5, 0.6) is 0 Å². The number of fused-ring (bicyclic) bond motifs is 2. The summed E-state index contributed by atoms with van der Waals surface area (Å²) in [5.74, 6) is -0.791. The number of piperidine rings is 1. The highest BCUT2D eigenvalue weighted by Gasteiger charge is 2.70. The van der Waals surface area contributed by atoms with Gasteiger partial charge >= 0.3 is 6.18 Å². The van der Waals surface area contributed by atoms with Crippen molar-refractivity contribution in [3.8, 4) is 11.1 Å². The van der Waals surface area contributed by atoms with Crippen LogP contribution in [0.4, 0.5) is 28.4 Å². The number of hydrogen-bond acceptors (Lipinski definition) is 4. The Hall–Kier alpha value is -4.46. The SMILES string of the molecule is [C-]#[N+]c1cccc(-c2ccc(C3(c4nc5cc(F)c(C(F)(F)F)cc5[nH]4)CC34CCN(c3nc5ccc(Cl)cc5s3)CC4)cc2)c1. The van der Waals surface area contributed by atoms with Crippen molar-refractivity contribution in [2.45, 2.75) is 30.9 Å². The zero-order valence-corrected chi connectivity index (χ0v) is 25.7. The number of alkyl halides is 3. The van der Waals surface area contributed by atoms with E-state index >= 15 is 0 Å². The predicted molar refractivity (Wildman–Crippen MR) is 173 cm³/mol. The summed E-state index contributed by atoms with van der Waals surface area (Å²) in [5, 5.41) is 1.60. The molecule has 1 saturated carbocycles. The molecule has 11 heteroatoms. The zero-order valence-electron chi connectivity index (χ0n) is 24.1. The predicted octanol–water partition coefficient (Wildman–Crippen LogP) is 10.2. The summed E-state index contributed by atoms with van der Waals surface area (Å²) in [6.07, 6.45) is -2.43. The molecule has 2 aromatic heterocycles. The van der Waals surface area contributed by atoms with E-state index in [0.29, 0.717) is 16.5 Å². The van der Waals surface area contributed by atoms with Crippen molar-refractivity contribution in [3.63, 3.8) is 0 Å². The maximum absolute atomic E-state index is 14.6. The van der Waals surface area contributed by atoms with Crippen molar-refractivity contribution in [1.29, 1.82) is 0 Å². The number of aromatic amines is 1. The summed E-state index contributed by atoms with van der Waals surface area (Å²) in [5.41, 5.74) is 2.54. The van der Waals surface area contributed by atoms with Gasteiger partial charge in [0.25, 0.3) is 0 Å². The summed E-state index contributed by atoms with van der Waals surface area (Å²) >= 11 is 7.81. The van der Waals surface area contributed by atoms with Crippen molar-refractivity contribution in [2.24, 2.45) is 5.41 Å². The second kappa shape index (κ2) is 10.3. The lowest BCUT2D eigenvalue weighted by atomic mass is 9.79. The van der Waals surface area contributed by atoms with E-state index in [1.165, 1.54) is 0 Å². The molecule has 2 fully saturated rings. The molecule has 1 aliphatic heterocycles. The second-order valence-corrected chi connectivity index (χ2v) is 13.6. The van der Waals surface area contributed by atoms with Gasteiger partial charge in [-0.2, -0.15) is 13.2 Å². The fourth-order valence-corrected chi connectivity index (χ4v) is 8.54. The Morgan fingerprint density at radius 3 is 2.43 bits per heavy atom. The van der Waals surface area contributed by atoms with Crippen LogP contribution in [0.3, 0.4) is 0 Å². The fraction of sp³-hybridized carbons (Fsp3) is 0.229. The minimum atomic E-state index is -4.82. The average Bonchev–Trinajstić information content (AvgIpc) is 3.30. The van der Waals surface area contributed by atoms with Gasteiger partial charge in [0.05, 0.1) is 38.8 Å². The molecule has 46 heavy (non-hydrogen) atoms. The average molecular weight is 658 g/mol. The van der Waals surface area contributed by atoms with E-state index < -0.39 is 23.0 Å². The minimum absolute atomic E-state index is 0.156. The van der Waals surface area contributed by atoms with Crippen molar-refractivity contribution in [1.82, 2.24) is 15.0 Å². The number of benzene rings is 4. The number of aromatic nitrogens is 3. The maximum atomic E-state index is 14.6. The smallest absolute Gasteiger partial charge is 0.348 e. The molecule has 0 amide bonds. The molecule has 230 valence electrons. The number of halogens is 5. The highest BCUT2D eigenvalue weighted by atomic mass is 35.5. The van der Waals surface area contributed by atoms with Crippen molar-refractivity contribution < 1.29 is 17.6 Å². The van der Waals surface area contributed by atoms with Gasteiger partial charge in [-0.3, -0.25) is 0 Å². The number of thiazole rings is 1. The zero-order chi connectivity index (χ0) is 31.8. The molecule has 5 nitrogen and oxygen atoms in total. The first kappa shape index (κ1) is 29.0. The van der Waals surface area contributed by atoms with Crippen LogP contribution in [0.25, 0.3) is 37.2 Å². The topological polar surface area (TPSA) is 49.2 Å². The Balaban J connectivity index is 1.17. The Bertz CT molecular complexity index is 2190. The molecule has 1 atom stereocenters. The van der Waals surface area contributed by atoms with Crippen LogP contribution in [0.2, 0.25) is 5.02 Å². The van der Waals surface area contributed by atoms with E-state index in [-0.39, 0.29) is 16.4 Å². The summed E-state index contributed by atoms with van der Waals surface area (Å²) in [6, 6.07) is 22.9. The van der Waals surface area contributed by atoms with E-state index in [9.17, 15) is 17.6 Å². The lowest BCUT2D eigenvalue weighted by molar-refractivity contribution is -0.139. The monoisotopic (exact) mass is 657 g/mol. The third kappa shape index (κ3) is 4.56. The highest BCUT2D eigenvalue weighted by molar-refractivity contribution is 7.22. The number of imidazole rings is 1. The molecule has 6 aromatic rings. The molecule has 1 saturated heterocycles. The molecular formula is C35H24ClF4N5S. The molecule has 1 N–H and O–H groups in total. The first-order valence-electron chi connectivity index (χ1n) is 14.8. The van der Waals surface area contributed by atoms with Crippen LogP contribution in [0.15, 0.2) is 78.9 Å². The fourth-order valence-electron chi connectivity index (χ4n) is 7.25. The molecule has 1 aliphatic carbocycles. The summed E-state index contributed by atoms with van der Waals surface area (Å²) in [7, 11) is 0. The third-order valence-corrected chi connectivity index (χ3v) is 11.0. The van der Waals surface area contributed by atoms with Gasteiger partial charge in [0.1, 0.15) is 11.6 Å². The van der Waals surface area contributed by atoms with E-state index in [1.54, 1.807) is 17.4 Å². The lowest BCUT2D eigenvalue weighted by Gasteiger charge is -2.35. The van der Waals surface area contributed by atoms with Crippen molar-refractivity contribution in [2.75, 3.05) is 18.0 Å². The number of nitrogens with zero attached hydrogens (tertiary/aromatic N) is 4. The Morgan fingerprint density at radius 1 is 0.913 bits per heavy atom. The summed E-state index contributed by atoms with van der Waals surface area (Å²) < 4.78 is 56.3. The van der Waals surface area contributed by atoms with Crippen LogP contribution in [-0.2, 0) is 11.6 Å². The summed E-state index contributed by atoms with van der Waals surface area (Å²) in [6.45, 7) is 8.87. The Kier molecular flexibility index (Phi) is 6.47. The molecule has 4 aromatic carbocycles. The first-order chi connectivity index (χ1) is 22.1. The lowest BCUT2D eigenvalue weighted by Crippen LogP contribution is -2.38. The molecule has 3 heterocycles. The number of anilines is 1. The van der Waals surface area contributed by atoms with E-state index in [0.717, 1.165) is 76.5 Å². The van der Waals surface area contributed by atoms with E-state index in [4.69, 9.17) is 28.1 Å². The Morgan fingerprint density at radius 2 is 1.70 bits per heavy atom. The van der Waals surface area contributed by atoms with Gasteiger partial charge in [0, 0.05) is 24.2 Å². The van der Waals surface area contributed by atoms with Crippen LogP contribution in [0.1, 0.15) is 36.2 Å². The number of nitrogens with one attached hydrogen (secondary N) is 1. The van der Waals surface area contributed by atoms with Crippen molar-refractivity contribution >= 4 is 55.0 Å². The van der Waals surface area contributed by atoms with Gasteiger partial charge in [0.2, 0.25) is 0 Å². The van der Waals surface area contributed by atoms with Gasteiger partial charge in [-0.15, -0.1) is 0 Å². The molecule has 2 aliphatic rings. The molecule has 1 unspecified atom stereocenters. The van der Waals surface area contributed by atoms with Crippen LogP contribution in [-0.4, -0.2) is 28.0 Å². The van der Waals surface area contributed by atoms with E-state index in [1.807, 2.05) is 60.7 Å². The molecular weight excluding hydrogens is 634 g/mol. The largest absolute Gasteiger partial charge is 0.419 e.